The molecule has 1 N–H and O–H groups in total. The van der Waals surface area contributed by atoms with E-state index in [0.717, 1.165) is 17.9 Å². The maximum atomic E-state index is 9.79. The van der Waals surface area contributed by atoms with E-state index in [1.54, 1.807) is 11.8 Å². The first kappa shape index (κ1) is 11.4. The molecule has 4 heteroatoms. The fourth-order valence-corrected chi connectivity index (χ4v) is 3.58. The van der Waals surface area contributed by atoms with Gasteiger partial charge in [-0.05, 0) is 44.1 Å². The SMILES string of the molecule is CSc1ccc(N2C3CCC2CC(O)C3)cn1. The topological polar surface area (TPSA) is 36.4 Å². The van der Waals surface area contributed by atoms with E-state index in [4.69, 9.17) is 0 Å². The second-order valence-corrected chi connectivity index (χ2v) is 5.80. The van der Waals surface area contributed by atoms with Crippen LogP contribution in [0.2, 0.25) is 0 Å². The smallest absolute Gasteiger partial charge is 0.0958 e. The maximum Gasteiger partial charge on any atom is 0.0958 e. The Balaban J connectivity index is 1.84. The van der Waals surface area contributed by atoms with E-state index in [1.807, 2.05) is 12.5 Å². The summed E-state index contributed by atoms with van der Waals surface area (Å²) in [5.74, 6) is 0. The molecular formula is C13H18N2OS. The van der Waals surface area contributed by atoms with E-state index in [2.05, 4.69) is 22.0 Å². The summed E-state index contributed by atoms with van der Waals surface area (Å²) in [7, 11) is 0. The molecule has 0 aromatic carbocycles. The highest BCUT2D eigenvalue weighted by Gasteiger charge is 2.40. The predicted molar refractivity (Wildman–Crippen MR) is 70.5 cm³/mol. The first-order chi connectivity index (χ1) is 8.28. The molecule has 2 aliphatic rings. The molecule has 3 nitrogen and oxygen atoms in total. The summed E-state index contributed by atoms with van der Waals surface area (Å²) in [6, 6.07) is 5.29. The molecule has 2 atom stereocenters. The molecule has 0 radical (unpaired) electrons. The van der Waals surface area contributed by atoms with Crippen molar-refractivity contribution in [2.75, 3.05) is 11.2 Å². The van der Waals surface area contributed by atoms with E-state index >= 15 is 0 Å². The third-order valence-corrected chi connectivity index (χ3v) is 4.60. The molecular weight excluding hydrogens is 232 g/mol. The van der Waals surface area contributed by atoms with E-state index in [9.17, 15) is 5.11 Å². The quantitative estimate of drug-likeness (QED) is 0.817. The van der Waals surface area contributed by atoms with Gasteiger partial charge in [-0.25, -0.2) is 4.98 Å². The number of hydrogen-bond acceptors (Lipinski definition) is 4. The van der Waals surface area contributed by atoms with Crippen LogP contribution in [0.1, 0.15) is 25.7 Å². The van der Waals surface area contributed by atoms with Crippen LogP contribution in [0.15, 0.2) is 23.4 Å². The van der Waals surface area contributed by atoms with Crippen molar-refractivity contribution in [3.63, 3.8) is 0 Å². The summed E-state index contributed by atoms with van der Waals surface area (Å²) < 4.78 is 0. The average molecular weight is 250 g/mol. The standard InChI is InChI=1S/C13H18N2OS/c1-17-13-5-4-11(8-14-13)15-9-2-3-10(15)7-12(16)6-9/h4-5,8-10,12,16H,2-3,6-7H2,1H3. The third-order valence-electron chi connectivity index (χ3n) is 3.94. The first-order valence-corrected chi connectivity index (χ1v) is 7.47. The summed E-state index contributed by atoms with van der Waals surface area (Å²) in [6.45, 7) is 0. The van der Waals surface area contributed by atoms with Crippen LogP contribution in [0.25, 0.3) is 0 Å². The number of aliphatic hydroxyl groups excluding tert-OH is 1. The van der Waals surface area contributed by atoms with Crippen molar-refractivity contribution in [2.24, 2.45) is 0 Å². The molecule has 92 valence electrons. The lowest BCUT2D eigenvalue weighted by Gasteiger charge is -2.38. The van der Waals surface area contributed by atoms with Crippen LogP contribution in [0, 0.1) is 0 Å². The van der Waals surface area contributed by atoms with Gasteiger partial charge in [0.1, 0.15) is 0 Å². The highest BCUT2D eigenvalue weighted by molar-refractivity contribution is 7.98. The van der Waals surface area contributed by atoms with Crippen LogP contribution < -0.4 is 4.90 Å². The van der Waals surface area contributed by atoms with Gasteiger partial charge in [-0.1, -0.05) is 0 Å². The Bertz CT molecular complexity index is 381. The Morgan fingerprint density at radius 1 is 1.29 bits per heavy atom. The van der Waals surface area contributed by atoms with E-state index in [1.165, 1.54) is 18.5 Å². The van der Waals surface area contributed by atoms with Crippen molar-refractivity contribution in [1.82, 2.24) is 4.98 Å². The van der Waals surface area contributed by atoms with Gasteiger partial charge in [-0.15, -0.1) is 11.8 Å². The molecule has 0 spiro atoms. The van der Waals surface area contributed by atoms with Gasteiger partial charge in [0.15, 0.2) is 0 Å². The monoisotopic (exact) mass is 250 g/mol. The highest BCUT2D eigenvalue weighted by atomic mass is 32.2. The number of hydrogen-bond donors (Lipinski definition) is 1. The van der Waals surface area contributed by atoms with E-state index in [-0.39, 0.29) is 6.10 Å². The van der Waals surface area contributed by atoms with E-state index in [0.29, 0.717) is 12.1 Å². The summed E-state index contributed by atoms with van der Waals surface area (Å²) in [5.41, 5.74) is 1.22. The summed E-state index contributed by atoms with van der Waals surface area (Å²) in [6.07, 6.45) is 8.19. The van der Waals surface area contributed by atoms with E-state index < -0.39 is 0 Å². The van der Waals surface area contributed by atoms with Gasteiger partial charge in [0.2, 0.25) is 0 Å². The van der Waals surface area contributed by atoms with Gasteiger partial charge in [-0.3, -0.25) is 0 Å². The molecule has 2 saturated heterocycles. The molecule has 0 saturated carbocycles. The number of pyridine rings is 1. The van der Waals surface area contributed by atoms with Crippen molar-refractivity contribution in [2.45, 2.75) is 48.9 Å². The number of aromatic nitrogens is 1. The Morgan fingerprint density at radius 2 is 2.00 bits per heavy atom. The molecule has 2 fully saturated rings. The maximum absolute atomic E-state index is 9.79. The average Bonchev–Trinajstić information content (AvgIpc) is 2.62. The minimum atomic E-state index is -0.0952. The molecule has 1 aromatic rings. The Kier molecular flexibility index (Phi) is 3.01. The Morgan fingerprint density at radius 3 is 2.53 bits per heavy atom. The van der Waals surface area contributed by atoms with Crippen LogP contribution in [0.5, 0.6) is 0 Å². The Hall–Kier alpha value is -0.740. The lowest BCUT2D eigenvalue weighted by molar-refractivity contribution is 0.126. The second-order valence-electron chi connectivity index (χ2n) is 4.98. The van der Waals surface area contributed by atoms with Crippen molar-refractivity contribution in [3.05, 3.63) is 18.3 Å². The molecule has 3 heterocycles. The van der Waals surface area contributed by atoms with Gasteiger partial charge >= 0.3 is 0 Å². The second kappa shape index (κ2) is 4.50. The number of anilines is 1. The molecule has 2 unspecified atom stereocenters. The lowest BCUT2D eigenvalue weighted by atomic mass is 9.99. The Labute approximate surface area is 106 Å². The van der Waals surface area contributed by atoms with Crippen molar-refractivity contribution >= 4 is 17.4 Å². The zero-order valence-electron chi connectivity index (χ0n) is 10.0. The number of aliphatic hydroxyl groups is 1. The van der Waals surface area contributed by atoms with Crippen LogP contribution in [0.4, 0.5) is 5.69 Å². The molecule has 2 bridgehead atoms. The fourth-order valence-electron chi connectivity index (χ4n) is 3.22. The van der Waals surface area contributed by atoms with Gasteiger partial charge in [0.25, 0.3) is 0 Å². The lowest BCUT2D eigenvalue weighted by Crippen LogP contribution is -2.44. The van der Waals surface area contributed by atoms with Crippen LogP contribution in [-0.4, -0.2) is 34.5 Å². The zero-order chi connectivity index (χ0) is 11.8. The minimum absolute atomic E-state index is 0.0952. The first-order valence-electron chi connectivity index (χ1n) is 6.24. The zero-order valence-corrected chi connectivity index (χ0v) is 10.9. The van der Waals surface area contributed by atoms with Crippen LogP contribution >= 0.6 is 11.8 Å². The number of thioether (sulfide) groups is 1. The molecule has 1 aromatic heterocycles. The van der Waals surface area contributed by atoms with Crippen LogP contribution in [-0.2, 0) is 0 Å². The molecule has 0 amide bonds. The van der Waals surface area contributed by atoms with Crippen molar-refractivity contribution < 1.29 is 5.11 Å². The van der Waals surface area contributed by atoms with Gasteiger partial charge < -0.3 is 10.0 Å². The normalized spacial score (nSPS) is 31.9. The summed E-state index contributed by atoms with van der Waals surface area (Å²) in [5, 5.41) is 10.9. The molecule has 17 heavy (non-hydrogen) atoms. The van der Waals surface area contributed by atoms with Gasteiger partial charge in [0.05, 0.1) is 23.0 Å². The molecule has 0 aliphatic carbocycles. The summed E-state index contributed by atoms with van der Waals surface area (Å²) in [4.78, 5) is 6.92. The van der Waals surface area contributed by atoms with Gasteiger partial charge in [0, 0.05) is 12.1 Å². The van der Waals surface area contributed by atoms with Crippen LogP contribution in [0.3, 0.4) is 0 Å². The van der Waals surface area contributed by atoms with Gasteiger partial charge in [-0.2, -0.15) is 0 Å². The number of nitrogens with zero attached hydrogens (tertiary/aromatic N) is 2. The largest absolute Gasteiger partial charge is 0.393 e. The van der Waals surface area contributed by atoms with Crippen molar-refractivity contribution in [1.29, 1.82) is 0 Å². The molecule has 2 aliphatic heterocycles. The number of piperidine rings is 1. The fraction of sp³-hybridized carbons (Fsp3) is 0.615. The third kappa shape index (κ3) is 2.04. The van der Waals surface area contributed by atoms with Crippen molar-refractivity contribution in [3.8, 4) is 0 Å². The molecule has 3 rings (SSSR count). The highest BCUT2D eigenvalue weighted by Crippen LogP contribution is 2.39. The number of rotatable bonds is 2. The number of fused-ring (bicyclic) bond motifs is 2. The minimum Gasteiger partial charge on any atom is -0.393 e. The predicted octanol–water partition coefficient (Wildman–Crippen LogP) is 2.30. The summed E-state index contributed by atoms with van der Waals surface area (Å²) >= 11 is 1.67.